The molecule has 0 amide bonds. The average Bonchev–Trinajstić information content (AvgIpc) is 3.05. The molecular weight excluding hydrogens is 238 g/mol. The quantitative estimate of drug-likeness (QED) is 0.855. The van der Waals surface area contributed by atoms with E-state index in [1.165, 1.54) is 6.42 Å². The molecule has 0 radical (unpaired) electrons. The molecule has 1 aliphatic carbocycles. The van der Waals surface area contributed by atoms with Crippen molar-refractivity contribution in [3.8, 4) is 0 Å². The van der Waals surface area contributed by atoms with E-state index in [1.54, 1.807) is 0 Å². The van der Waals surface area contributed by atoms with Crippen LogP contribution < -0.4 is 0 Å². The van der Waals surface area contributed by atoms with Crippen LogP contribution in [0, 0.1) is 11.8 Å². The van der Waals surface area contributed by atoms with E-state index in [0.29, 0.717) is 6.54 Å². The third kappa shape index (κ3) is 3.16. The first-order chi connectivity index (χ1) is 8.93. The van der Waals surface area contributed by atoms with Crippen molar-refractivity contribution < 1.29 is 9.90 Å². The third-order valence-corrected chi connectivity index (χ3v) is 4.29. The van der Waals surface area contributed by atoms with Crippen LogP contribution in [-0.4, -0.2) is 36.1 Å². The third-order valence-electron chi connectivity index (χ3n) is 4.29. The van der Waals surface area contributed by atoms with Crippen LogP contribution in [0.3, 0.4) is 0 Å². The molecule has 1 fully saturated rings. The molecule has 0 aliphatic heterocycles. The molecule has 1 N–H and O–H groups in total. The van der Waals surface area contributed by atoms with Gasteiger partial charge in [-0.2, -0.15) is 0 Å². The van der Waals surface area contributed by atoms with Gasteiger partial charge >= 0.3 is 5.97 Å². The van der Waals surface area contributed by atoms with Gasteiger partial charge < -0.3 is 10.0 Å². The van der Waals surface area contributed by atoms with E-state index < -0.39 is 11.4 Å². The minimum Gasteiger partial charge on any atom is -0.481 e. The largest absolute Gasteiger partial charge is 0.481 e. The molecule has 104 valence electrons. The highest BCUT2D eigenvalue weighted by Crippen LogP contribution is 2.38. The fourth-order valence-electron chi connectivity index (χ4n) is 2.75. The predicted molar refractivity (Wildman–Crippen MR) is 76.2 cm³/mol. The van der Waals surface area contributed by atoms with Gasteiger partial charge in [0, 0.05) is 13.1 Å². The Morgan fingerprint density at radius 1 is 1.42 bits per heavy atom. The molecule has 1 aliphatic rings. The summed E-state index contributed by atoms with van der Waals surface area (Å²) in [7, 11) is 2.02. The van der Waals surface area contributed by atoms with E-state index in [-0.39, 0.29) is 0 Å². The second kappa shape index (κ2) is 5.33. The van der Waals surface area contributed by atoms with Crippen molar-refractivity contribution in [3.05, 3.63) is 35.9 Å². The first kappa shape index (κ1) is 14.1. The fraction of sp³-hybridized carbons (Fsp3) is 0.562. The van der Waals surface area contributed by atoms with Crippen LogP contribution in [0.4, 0.5) is 0 Å². The Labute approximate surface area is 115 Å². The molecule has 3 atom stereocenters. The summed E-state index contributed by atoms with van der Waals surface area (Å²) in [6.07, 6.45) is 1.28. The number of aliphatic carboxylic acids is 1. The van der Waals surface area contributed by atoms with E-state index in [2.05, 4.69) is 11.8 Å². The topological polar surface area (TPSA) is 40.5 Å². The standard InChI is InChI=1S/C16H23NO2/c1-12-9-13(12)10-17(3)11-16(2,15(18)19)14-7-5-4-6-8-14/h4-8,12-13H,9-11H2,1-3H3,(H,18,19). The Kier molecular flexibility index (Phi) is 3.95. The Hall–Kier alpha value is -1.35. The van der Waals surface area contributed by atoms with Crippen LogP contribution in [0.25, 0.3) is 0 Å². The highest BCUT2D eigenvalue weighted by Gasteiger charge is 2.39. The Balaban J connectivity index is 2.09. The van der Waals surface area contributed by atoms with Crippen molar-refractivity contribution in [2.45, 2.75) is 25.7 Å². The fourth-order valence-corrected chi connectivity index (χ4v) is 2.75. The summed E-state index contributed by atoms with van der Waals surface area (Å²) in [5.41, 5.74) is 0.0342. The van der Waals surface area contributed by atoms with E-state index in [4.69, 9.17) is 0 Å². The molecule has 0 saturated heterocycles. The number of hydrogen-bond donors (Lipinski definition) is 1. The molecule has 3 heteroatoms. The van der Waals surface area contributed by atoms with Crippen LogP contribution in [0.1, 0.15) is 25.8 Å². The van der Waals surface area contributed by atoms with Crippen LogP contribution >= 0.6 is 0 Å². The highest BCUT2D eigenvalue weighted by molar-refractivity contribution is 5.81. The second-order valence-electron chi connectivity index (χ2n) is 6.17. The lowest BCUT2D eigenvalue weighted by Crippen LogP contribution is -2.43. The molecule has 0 heterocycles. The van der Waals surface area contributed by atoms with Crippen molar-refractivity contribution in [1.29, 1.82) is 0 Å². The molecule has 1 aromatic rings. The molecule has 0 aromatic heterocycles. The van der Waals surface area contributed by atoms with Gasteiger partial charge in [0.15, 0.2) is 0 Å². The zero-order chi connectivity index (χ0) is 14.0. The number of benzene rings is 1. The average molecular weight is 261 g/mol. The first-order valence-electron chi connectivity index (χ1n) is 6.91. The smallest absolute Gasteiger partial charge is 0.315 e. The van der Waals surface area contributed by atoms with Gasteiger partial charge in [-0.15, -0.1) is 0 Å². The van der Waals surface area contributed by atoms with Gasteiger partial charge in [-0.1, -0.05) is 37.3 Å². The summed E-state index contributed by atoms with van der Waals surface area (Å²) in [5, 5.41) is 9.61. The monoisotopic (exact) mass is 261 g/mol. The number of likely N-dealkylation sites (N-methyl/N-ethyl adjacent to an activating group) is 1. The summed E-state index contributed by atoms with van der Waals surface area (Å²) >= 11 is 0. The maximum Gasteiger partial charge on any atom is 0.315 e. The molecule has 1 saturated carbocycles. The lowest BCUT2D eigenvalue weighted by atomic mass is 9.82. The van der Waals surface area contributed by atoms with Gasteiger partial charge in [-0.25, -0.2) is 0 Å². The Morgan fingerprint density at radius 3 is 2.47 bits per heavy atom. The minimum atomic E-state index is -0.839. The van der Waals surface area contributed by atoms with Crippen LogP contribution in [-0.2, 0) is 10.2 Å². The molecule has 3 nitrogen and oxygen atoms in total. The number of carboxylic acid groups (broad SMARTS) is 1. The van der Waals surface area contributed by atoms with E-state index >= 15 is 0 Å². The van der Waals surface area contributed by atoms with E-state index in [0.717, 1.165) is 23.9 Å². The number of hydrogen-bond acceptors (Lipinski definition) is 2. The zero-order valence-corrected chi connectivity index (χ0v) is 12.0. The Bertz CT molecular complexity index is 445. The van der Waals surface area contributed by atoms with Gasteiger partial charge in [0.25, 0.3) is 0 Å². The molecule has 3 unspecified atom stereocenters. The summed E-state index contributed by atoms with van der Waals surface area (Å²) in [6, 6.07) is 9.53. The maximum atomic E-state index is 11.7. The predicted octanol–water partition coefficient (Wildman–Crippen LogP) is 2.62. The van der Waals surface area contributed by atoms with Crippen molar-refractivity contribution in [2.75, 3.05) is 20.1 Å². The van der Waals surface area contributed by atoms with Crippen molar-refractivity contribution >= 4 is 5.97 Å². The molecule has 0 bridgehead atoms. The lowest BCUT2D eigenvalue weighted by molar-refractivity contribution is -0.143. The van der Waals surface area contributed by atoms with Gasteiger partial charge in [-0.05, 0) is 37.8 Å². The van der Waals surface area contributed by atoms with Crippen molar-refractivity contribution in [3.63, 3.8) is 0 Å². The second-order valence-corrected chi connectivity index (χ2v) is 6.17. The molecule has 0 spiro atoms. The molecular formula is C16H23NO2. The van der Waals surface area contributed by atoms with Crippen LogP contribution in [0.5, 0.6) is 0 Å². The van der Waals surface area contributed by atoms with Gasteiger partial charge in [-0.3, -0.25) is 4.79 Å². The first-order valence-corrected chi connectivity index (χ1v) is 6.91. The minimum absolute atomic E-state index is 0.551. The van der Waals surface area contributed by atoms with E-state index in [1.807, 2.05) is 44.3 Å². The highest BCUT2D eigenvalue weighted by atomic mass is 16.4. The summed E-state index contributed by atoms with van der Waals surface area (Å²) in [6.45, 7) is 5.62. The molecule has 19 heavy (non-hydrogen) atoms. The molecule has 1 aromatic carbocycles. The van der Waals surface area contributed by atoms with Crippen LogP contribution in [0.2, 0.25) is 0 Å². The van der Waals surface area contributed by atoms with Gasteiger partial charge in [0.05, 0.1) is 0 Å². The molecule has 2 rings (SSSR count). The van der Waals surface area contributed by atoms with Crippen LogP contribution in [0.15, 0.2) is 30.3 Å². The lowest BCUT2D eigenvalue weighted by Gasteiger charge is -2.30. The summed E-state index contributed by atoms with van der Waals surface area (Å²) in [5.74, 6) is 0.795. The number of carbonyl (C=O) groups is 1. The Morgan fingerprint density at radius 2 is 2.00 bits per heavy atom. The normalized spacial score (nSPS) is 25.1. The number of rotatable bonds is 6. The van der Waals surface area contributed by atoms with Crippen molar-refractivity contribution in [1.82, 2.24) is 4.90 Å². The summed E-state index contributed by atoms with van der Waals surface area (Å²) < 4.78 is 0. The number of carboxylic acids is 1. The van der Waals surface area contributed by atoms with Gasteiger partial charge in [0.2, 0.25) is 0 Å². The zero-order valence-electron chi connectivity index (χ0n) is 12.0. The van der Waals surface area contributed by atoms with Gasteiger partial charge in [0.1, 0.15) is 5.41 Å². The maximum absolute atomic E-state index is 11.7. The summed E-state index contributed by atoms with van der Waals surface area (Å²) in [4.78, 5) is 13.9. The SMILES string of the molecule is CC1CC1CN(C)CC(C)(C(=O)O)c1ccccc1. The van der Waals surface area contributed by atoms with Crippen molar-refractivity contribution in [2.24, 2.45) is 11.8 Å². The number of nitrogens with zero attached hydrogens (tertiary/aromatic N) is 1. The van der Waals surface area contributed by atoms with E-state index in [9.17, 15) is 9.90 Å².